The lowest BCUT2D eigenvalue weighted by atomic mass is 10.0. The normalized spacial score (nSPS) is 15.9. The summed E-state index contributed by atoms with van der Waals surface area (Å²) >= 11 is 0. The molecule has 0 unspecified atom stereocenters. The fourth-order valence-electron chi connectivity index (χ4n) is 3.20. The molecule has 0 bridgehead atoms. The SMILES string of the molecule is Cc1cc(C(=O)N[C@@H](CN2CCOCC2)c2ccccc2)ccc1[N+](=O)[O-]. The quantitative estimate of drug-likeness (QED) is 0.625. The molecule has 2 aromatic rings. The number of rotatable bonds is 6. The van der Waals surface area contributed by atoms with E-state index < -0.39 is 4.92 Å². The van der Waals surface area contributed by atoms with E-state index in [1.165, 1.54) is 12.1 Å². The zero-order valence-corrected chi connectivity index (χ0v) is 15.3. The van der Waals surface area contributed by atoms with Gasteiger partial charge in [-0.15, -0.1) is 0 Å². The minimum absolute atomic E-state index is 0.0134. The van der Waals surface area contributed by atoms with Gasteiger partial charge in [0.1, 0.15) is 0 Å². The molecule has 142 valence electrons. The third-order valence-electron chi connectivity index (χ3n) is 4.71. The van der Waals surface area contributed by atoms with E-state index in [2.05, 4.69) is 10.2 Å². The van der Waals surface area contributed by atoms with Crippen LogP contribution in [-0.2, 0) is 4.74 Å². The summed E-state index contributed by atoms with van der Waals surface area (Å²) in [4.78, 5) is 25.6. The highest BCUT2D eigenvalue weighted by atomic mass is 16.6. The van der Waals surface area contributed by atoms with Crippen molar-refractivity contribution in [2.75, 3.05) is 32.8 Å². The summed E-state index contributed by atoms with van der Waals surface area (Å²) in [5.74, 6) is -0.241. The van der Waals surface area contributed by atoms with Gasteiger partial charge in [-0.3, -0.25) is 19.8 Å². The fraction of sp³-hybridized carbons (Fsp3) is 0.350. The second kappa shape index (κ2) is 8.75. The maximum absolute atomic E-state index is 12.8. The number of hydrogen-bond acceptors (Lipinski definition) is 5. The van der Waals surface area contributed by atoms with Gasteiger partial charge < -0.3 is 10.1 Å². The van der Waals surface area contributed by atoms with Crippen molar-refractivity contribution in [2.45, 2.75) is 13.0 Å². The highest BCUT2D eigenvalue weighted by Crippen LogP contribution is 2.20. The molecular weight excluding hydrogens is 346 g/mol. The van der Waals surface area contributed by atoms with Crippen LogP contribution in [0, 0.1) is 17.0 Å². The molecule has 1 heterocycles. The number of ether oxygens (including phenoxy) is 1. The Balaban J connectivity index is 1.77. The van der Waals surface area contributed by atoms with Gasteiger partial charge >= 0.3 is 0 Å². The molecule has 1 fully saturated rings. The highest BCUT2D eigenvalue weighted by molar-refractivity contribution is 5.95. The number of aryl methyl sites for hydroxylation is 1. The van der Waals surface area contributed by atoms with Crippen LogP contribution in [0.25, 0.3) is 0 Å². The number of hydrogen-bond donors (Lipinski definition) is 1. The number of morpholine rings is 1. The molecule has 1 N–H and O–H groups in total. The molecule has 2 aromatic carbocycles. The second-order valence-electron chi connectivity index (χ2n) is 6.61. The standard InChI is InChI=1S/C20H23N3O4/c1-15-13-17(7-8-19(15)23(25)26)20(24)21-18(16-5-3-2-4-6-16)14-22-9-11-27-12-10-22/h2-8,13,18H,9-12,14H2,1H3,(H,21,24)/t18-/m0/s1. The predicted octanol–water partition coefficient (Wildman–Crippen LogP) is 2.71. The molecule has 7 nitrogen and oxygen atoms in total. The average molecular weight is 369 g/mol. The van der Waals surface area contributed by atoms with Crippen molar-refractivity contribution < 1.29 is 14.5 Å². The summed E-state index contributed by atoms with van der Waals surface area (Å²) in [6.07, 6.45) is 0. The van der Waals surface area contributed by atoms with Crippen LogP contribution in [0.4, 0.5) is 5.69 Å². The molecule has 0 aliphatic carbocycles. The van der Waals surface area contributed by atoms with E-state index >= 15 is 0 Å². The van der Waals surface area contributed by atoms with Crippen LogP contribution >= 0.6 is 0 Å². The van der Waals surface area contributed by atoms with Crippen LogP contribution < -0.4 is 5.32 Å². The number of amides is 1. The molecule has 0 saturated carbocycles. The van der Waals surface area contributed by atoms with Gasteiger partial charge in [0.25, 0.3) is 11.6 Å². The average Bonchev–Trinajstić information content (AvgIpc) is 2.68. The minimum atomic E-state index is -0.442. The van der Waals surface area contributed by atoms with Crippen molar-refractivity contribution >= 4 is 11.6 Å². The van der Waals surface area contributed by atoms with Gasteiger partial charge in [-0.1, -0.05) is 30.3 Å². The number of nitro benzene ring substituents is 1. The Hall–Kier alpha value is -2.77. The maximum atomic E-state index is 12.8. The molecule has 1 aliphatic heterocycles. The highest BCUT2D eigenvalue weighted by Gasteiger charge is 2.21. The van der Waals surface area contributed by atoms with E-state index in [0.717, 1.165) is 18.7 Å². The van der Waals surface area contributed by atoms with E-state index in [4.69, 9.17) is 4.74 Å². The van der Waals surface area contributed by atoms with Gasteiger partial charge in [0.2, 0.25) is 0 Å². The Bertz CT molecular complexity index is 804. The smallest absolute Gasteiger partial charge is 0.272 e. The summed E-state index contributed by atoms with van der Waals surface area (Å²) in [5, 5.41) is 14.1. The third kappa shape index (κ3) is 4.90. The van der Waals surface area contributed by atoms with Crippen molar-refractivity contribution in [1.29, 1.82) is 0 Å². The summed E-state index contributed by atoms with van der Waals surface area (Å²) in [7, 11) is 0. The molecule has 0 aromatic heterocycles. The number of nitrogens with zero attached hydrogens (tertiary/aromatic N) is 2. The minimum Gasteiger partial charge on any atom is -0.379 e. The van der Waals surface area contributed by atoms with Crippen LogP contribution in [0.5, 0.6) is 0 Å². The molecule has 1 atom stereocenters. The van der Waals surface area contributed by atoms with Gasteiger partial charge in [-0.2, -0.15) is 0 Å². The van der Waals surface area contributed by atoms with E-state index in [9.17, 15) is 14.9 Å². The first-order valence-electron chi connectivity index (χ1n) is 8.95. The van der Waals surface area contributed by atoms with E-state index in [1.54, 1.807) is 13.0 Å². The summed E-state index contributed by atoms with van der Waals surface area (Å²) in [6, 6.07) is 14.1. The summed E-state index contributed by atoms with van der Waals surface area (Å²) < 4.78 is 5.40. The molecule has 1 aliphatic rings. The Morgan fingerprint density at radius 1 is 1.22 bits per heavy atom. The first kappa shape index (κ1) is 19.0. The van der Waals surface area contributed by atoms with E-state index in [1.807, 2.05) is 30.3 Å². The van der Waals surface area contributed by atoms with Crippen LogP contribution in [0.1, 0.15) is 27.5 Å². The summed E-state index contributed by atoms with van der Waals surface area (Å²) in [6.45, 7) is 5.36. The maximum Gasteiger partial charge on any atom is 0.272 e. The molecular formula is C20H23N3O4. The van der Waals surface area contributed by atoms with Crippen molar-refractivity contribution in [2.24, 2.45) is 0 Å². The first-order chi connectivity index (χ1) is 13.0. The molecule has 1 amide bonds. The predicted molar refractivity (Wildman–Crippen MR) is 102 cm³/mol. The Kier molecular flexibility index (Phi) is 6.16. The van der Waals surface area contributed by atoms with Crippen molar-refractivity contribution in [1.82, 2.24) is 10.2 Å². The molecule has 0 spiro atoms. The number of benzene rings is 2. The fourth-order valence-corrected chi connectivity index (χ4v) is 3.20. The van der Waals surface area contributed by atoms with Gasteiger partial charge in [-0.25, -0.2) is 0 Å². The lowest BCUT2D eigenvalue weighted by molar-refractivity contribution is -0.385. The molecule has 3 rings (SSSR count). The number of nitro groups is 1. The lowest BCUT2D eigenvalue weighted by Crippen LogP contribution is -2.43. The van der Waals surface area contributed by atoms with Gasteiger partial charge in [0, 0.05) is 36.8 Å². The number of nitrogens with one attached hydrogen (secondary N) is 1. The van der Waals surface area contributed by atoms with Crippen LogP contribution in [0.15, 0.2) is 48.5 Å². The monoisotopic (exact) mass is 369 g/mol. The van der Waals surface area contributed by atoms with Crippen molar-refractivity contribution in [3.8, 4) is 0 Å². The van der Waals surface area contributed by atoms with Crippen LogP contribution in [0.2, 0.25) is 0 Å². The van der Waals surface area contributed by atoms with Crippen molar-refractivity contribution in [3.05, 3.63) is 75.3 Å². The zero-order valence-electron chi connectivity index (χ0n) is 15.3. The topological polar surface area (TPSA) is 84.7 Å². The van der Waals surface area contributed by atoms with E-state index in [-0.39, 0.29) is 17.6 Å². The first-order valence-corrected chi connectivity index (χ1v) is 8.95. The Labute approximate surface area is 158 Å². The van der Waals surface area contributed by atoms with Gasteiger partial charge in [0.05, 0.1) is 24.2 Å². The third-order valence-corrected chi connectivity index (χ3v) is 4.71. The molecule has 27 heavy (non-hydrogen) atoms. The molecule has 7 heteroatoms. The molecule has 0 radical (unpaired) electrons. The Morgan fingerprint density at radius 2 is 1.93 bits per heavy atom. The second-order valence-corrected chi connectivity index (χ2v) is 6.61. The zero-order chi connectivity index (χ0) is 19.2. The van der Waals surface area contributed by atoms with E-state index in [0.29, 0.717) is 30.9 Å². The van der Waals surface area contributed by atoms with Crippen LogP contribution in [-0.4, -0.2) is 48.6 Å². The Morgan fingerprint density at radius 3 is 2.56 bits per heavy atom. The van der Waals surface area contributed by atoms with Gasteiger partial charge in [-0.05, 0) is 24.6 Å². The van der Waals surface area contributed by atoms with Crippen molar-refractivity contribution in [3.63, 3.8) is 0 Å². The summed E-state index contributed by atoms with van der Waals surface area (Å²) in [5.41, 5.74) is 1.92. The van der Waals surface area contributed by atoms with Gasteiger partial charge in [0.15, 0.2) is 0 Å². The number of carbonyl (C=O) groups is 1. The van der Waals surface area contributed by atoms with Crippen LogP contribution in [0.3, 0.4) is 0 Å². The number of carbonyl (C=O) groups excluding carboxylic acids is 1. The molecule has 1 saturated heterocycles. The largest absolute Gasteiger partial charge is 0.379 e. The lowest BCUT2D eigenvalue weighted by Gasteiger charge is -2.31.